The van der Waals surface area contributed by atoms with Crippen LogP contribution < -0.4 is 0 Å². The second-order valence-electron chi connectivity index (χ2n) is 7.41. The van der Waals surface area contributed by atoms with E-state index in [1.54, 1.807) is 0 Å². The number of fused-ring (bicyclic) bond motifs is 1. The van der Waals surface area contributed by atoms with Crippen molar-refractivity contribution in [2.24, 2.45) is 5.92 Å². The van der Waals surface area contributed by atoms with E-state index in [0.717, 1.165) is 0 Å². The normalized spacial score (nSPS) is 13.5. The molecule has 0 amide bonds. The third-order valence-electron chi connectivity index (χ3n) is 5.62. The van der Waals surface area contributed by atoms with E-state index in [0.29, 0.717) is 5.92 Å². The van der Waals surface area contributed by atoms with Crippen molar-refractivity contribution in [3.05, 3.63) is 103 Å². The monoisotopic (exact) mass is 560 g/mol. The van der Waals surface area contributed by atoms with E-state index in [-0.39, 0.29) is 39.7 Å². The molecule has 3 aromatic carbocycles. The molecule has 2 radical (unpaired) electrons. The van der Waals surface area contributed by atoms with E-state index >= 15 is 0 Å². The van der Waals surface area contributed by atoms with Crippen LogP contribution >= 0.6 is 24.8 Å². The summed E-state index contributed by atoms with van der Waals surface area (Å²) in [6, 6.07) is 19.4. The van der Waals surface area contributed by atoms with Crippen LogP contribution in [-0.2, 0) is 23.3 Å². The molecule has 0 aliphatic heterocycles. The van der Waals surface area contributed by atoms with Crippen molar-refractivity contribution >= 4 is 42.5 Å². The second kappa shape index (κ2) is 16.8. The van der Waals surface area contributed by atoms with E-state index in [9.17, 15) is 0 Å². The summed E-state index contributed by atoms with van der Waals surface area (Å²) in [5, 5.41) is 2.75. The summed E-state index contributed by atoms with van der Waals surface area (Å²) in [4.78, 5) is 0. The Morgan fingerprint density at radius 3 is 1.84 bits per heavy atom. The molecule has 1 atom stereocenters. The Labute approximate surface area is 226 Å². The Bertz CT molecular complexity index is 1020. The number of benzene rings is 2. The molecule has 0 heterocycles. The number of halogens is 2. The van der Waals surface area contributed by atoms with Gasteiger partial charge in [0.25, 0.3) is 0 Å². The van der Waals surface area contributed by atoms with Crippen molar-refractivity contribution in [3.8, 4) is 11.1 Å². The van der Waals surface area contributed by atoms with Crippen molar-refractivity contribution in [2.45, 2.75) is 41.5 Å². The Morgan fingerprint density at radius 1 is 0.844 bits per heavy atom. The number of hydrogen-bond acceptors (Lipinski definition) is 0. The van der Waals surface area contributed by atoms with Gasteiger partial charge in [0.15, 0.2) is 0 Å². The Morgan fingerprint density at radius 2 is 1.41 bits per heavy atom. The van der Waals surface area contributed by atoms with Crippen LogP contribution in [0.2, 0.25) is 0 Å². The van der Waals surface area contributed by atoms with E-state index in [4.69, 9.17) is 0 Å². The molecule has 174 valence electrons. The summed E-state index contributed by atoms with van der Waals surface area (Å²) in [5.74, 6) is 0.560. The Hall–Kier alpha value is -0.790. The van der Waals surface area contributed by atoms with Gasteiger partial charge in [-0.1, -0.05) is 81.1 Å². The predicted molar refractivity (Wildman–Crippen MR) is 147 cm³/mol. The molecule has 0 saturated carbocycles. The van der Waals surface area contributed by atoms with Crippen LogP contribution in [0.15, 0.2) is 71.3 Å². The third kappa shape index (κ3) is 8.21. The zero-order valence-electron chi connectivity index (χ0n) is 20.6. The minimum atomic E-state index is 0. The average molecular weight is 563 g/mol. The van der Waals surface area contributed by atoms with Gasteiger partial charge in [-0.3, -0.25) is 6.08 Å². The van der Waals surface area contributed by atoms with Gasteiger partial charge in [0.05, 0.1) is 0 Å². The number of rotatable bonds is 1. The van der Waals surface area contributed by atoms with E-state index < -0.39 is 0 Å². The quantitative estimate of drug-likeness (QED) is 0.205. The van der Waals surface area contributed by atoms with Gasteiger partial charge in [0, 0.05) is 0 Å². The molecule has 0 nitrogen and oxygen atoms in total. The summed E-state index contributed by atoms with van der Waals surface area (Å²) in [6.45, 7) is 16.1. The van der Waals surface area contributed by atoms with Crippen LogP contribution in [0.5, 0.6) is 0 Å². The van der Waals surface area contributed by atoms with Crippen LogP contribution in [0.25, 0.3) is 21.9 Å². The number of hydrogen-bond donors (Lipinski definition) is 0. The SMILES string of the molecule is CC1=[C-]C(C)C(C)=C1C.Cc1[cH-]c2cccc(C)c2c1-c1ccccc1.Cl.Cl.[CH3-].[CH3-].[Si]=[Zr]. The fourth-order valence-electron chi connectivity index (χ4n) is 3.79. The summed E-state index contributed by atoms with van der Waals surface area (Å²) in [7, 11) is 0. The molecule has 1 aliphatic carbocycles. The predicted octanol–water partition coefficient (Wildman–Crippen LogP) is 8.93. The number of aryl methyl sites for hydroxylation is 2. The zero-order chi connectivity index (χ0) is 20.8. The van der Waals surface area contributed by atoms with Gasteiger partial charge in [0.1, 0.15) is 0 Å². The first-order valence-corrected chi connectivity index (χ1v) is 13.8. The van der Waals surface area contributed by atoms with Crippen molar-refractivity contribution in [1.82, 2.24) is 0 Å². The van der Waals surface area contributed by atoms with Gasteiger partial charge < -0.3 is 14.9 Å². The van der Waals surface area contributed by atoms with Gasteiger partial charge in [-0.25, -0.2) is 5.57 Å². The first-order chi connectivity index (χ1) is 13.4. The van der Waals surface area contributed by atoms with Gasteiger partial charge in [-0.05, 0) is 6.92 Å². The molecule has 3 aromatic rings. The zero-order valence-corrected chi connectivity index (χ0v) is 25.7. The van der Waals surface area contributed by atoms with Crippen LogP contribution in [-0.4, -0.2) is 6.88 Å². The molecular weight excluding hydrogens is 527 g/mol. The molecule has 4 heteroatoms. The van der Waals surface area contributed by atoms with Gasteiger partial charge in [-0.2, -0.15) is 11.1 Å². The molecule has 0 aromatic heterocycles. The molecule has 0 N–H and O–H groups in total. The van der Waals surface area contributed by atoms with Crippen molar-refractivity contribution in [2.75, 3.05) is 0 Å². The van der Waals surface area contributed by atoms with Gasteiger partial charge in [-0.15, -0.1) is 71.8 Å². The maximum atomic E-state index is 3.36. The fraction of sp³-hybridized carbons (Fsp3) is 0.250. The Balaban J connectivity index is -0.000000490. The molecule has 4 rings (SSSR count). The molecule has 0 saturated heterocycles. The molecule has 1 aliphatic rings. The third-order valence-corrected chi connectivity index (χ3v) is 5.62. The van der Waals surface area contributed by atoms with Crippen LogP contribution in [0.1, 0.15) is 38.8 Å². The minimum absolute atomic E-state index is 0. The molecular formula is C28H36Cl2SiZr-4. The first-order valence-electron chi connectivity index (χ1n) is 9.64. The average Bonchev–Trinajstić information content (AvgIpc) is 3.16. The van der Waals surface area contributed by atoms with Crippen LogP contribution in [0.3, 0.4) is 0 Å². The van der Waals surface area contributed by atoms with Crippen molar-refractivity contribution < 1.29 is 23.3 Å². The van der Waals surface area contributed by atoms with E-state index in [1.165, 1.54) is 73.1 Å². The standard InChI is InChI=1S/C17H15.C9H13.2CH3.2ClH.Si.Zr/c1-12-7-6-10-15-11-13(2)17(16(12)15)14-8-4-3-5-9-14;1-6-5-7(2)9(4)8(6)3;;;;;;/h3-11H,1-2H3;6H,1-4H3;2*1H3;2*1H;;/q4*-1;;;;. The van der Waals surface area contributed by atoms with Gasteiger partial charge >= 0.3 is 30.2 Å². The van der Waals surface area contributed by atoms with Crippen LogP contribution in [0.4, 0.5) is 0 Å². The fourth-order valence-corrected chi connectivity index (χ4v) is 3.79. The molecule has 0 bridgehead atoms. The summed E-state index contributed by atoms with van der Waals surface area (Å²) in [5.41, 5.74) is 9.66. The van der Waals surface area contributed by atoms with Gasteiger partial charge in [0.2, 0.25) is 0 Å². The first kappa shape index (κ1) is 35.8. The van der Waals surface area contributed by atoms with E-state index in [2.05, 4.69) is 109 Å². The summed E-state index contributed by atoms with van der Waals surface area (Å²) < 4.78 is 0. The summed E-state index contributed by atoms with van der Waals surface area (Å²) >= 11 is 1.36. The van der Waals surface area contributed by atoms with Crippen molar-refractivity contribution in [3.63, 3.8) is 0 Å². The molecule has 32 heavy (non-hydrogen) atoms. The molecule has 0 fully saturated rings. The number of allylic oxidation sites excluding steroid dienone is 4. The Kier molecular flexibility index (Phi) is 18.8. The topological polar surface area (TPSA) is 0 Å². The molecule has 0 spiro atoms. The van der Waals surface area contributed by atoms with Crippen molar-refractivity contribution in [1.29, 1.82) is 0 Å². The van der Waals surface area contributed by atoms with Crippen LogP contribution in [0, 0.1) is 40.7 Å². The second-order valence-corrected chi connectivity index (χ2v) is 7.41. The van der Waals surface area contributed by atoms with E-state index in [1.807, 2.05) is 0 Å². The molecule has 1 unspecified atom stereocenters. The maximum absolute atomic E-state index is 3.36. The summed E-state index contributed by atoms with van der Waals surface area (Å²) in [6.07, 6.45) is 3.36.